The Bertz CT molecular complexity index is 302. The fraction of sp³-hybridized carbons (Fsp3) is 1.00. The van der Waals surface area contributed by atoms with E-state index in [1.54, 1.807) is 0 Å². The van der Waals surface area contributed by atoms with Crippen LogP contribution in [-0.4, -0.2) is 55.5 Å². The Balaban J connectivity index is 2.49. The third-order valence-corrected chi connectivity index (χ3v) is 4.56. The van der Waals surface area contributed by atoms with Gasteiger partial charge in [-0.3, -0.25) is 0 Å². The highest BCUT2D eigenvalue weighted by atomic mass is 32.2. The van der Waals surface area contributed by atoms with Gasteiger partial charge in [0, 0.05) is 12.6 Å². The first-order chi connectivity index (χ1) is 7.47. The van der Waals surface area contributed by atoms with Gasteiger partial charge in [0.15, 0.2) is 0 Å². The Morgan fingerprint density at radius 3 is 2.75 bits per heavy atom. The quantitative estimate of drug-likeness (QED) is 0.732. The molecule has 1 atom stereocenters. The second-order valence-corrected chi connectivity index (χ2v) is 6.37. The fourth-order valence-electron chi connectivity index (χ4n) is 1.86. The maximum atomic E-state index is 11.9. The highest BCUT2D eigenvalue weighted by molar-refractivity contribution is 7.89. The van der Waals surface area contributed by atoms with Crippen LogP contribution < -0.4 is 0 Å². The summed E-state index contributed by atoms with van der Waals surface area (Å²) in [6.07, 6.45) is 1.62. The molecule has 0 aromatic heterocycles. The van der Waals surface area contributed by atoms with Crippen LogP contribution in [0.15, 0.2) is 0 Å². The SMILES string of the molecule is CC(C)OCCS(=O)(=O)N1CCC[C@H]1CO. The van der Waals surface area contributed by atoms with Crippen molar-refractivity contribution in [2.24, 2.45) is 0 Å². The topological polar surface area (TPSA) is 66.8 Å². The van der Waals surface area contributed by atoms with E-state index in [0.29, 0.717) is 6.54 Å². The molecule has 0 radical (unpaired) electrons. The van der Waals surface area contributed by atoms with E-state index >= 15 is 0 Å². The molecule has 6 heteroatoms. The minimum absolute atomic E-state index is 0.00167. The lowest BCUT2D eigenvalue weighted by Gasteiger charge is -2.22. The van der Waals surface area contributed by atoms with Crippen LogP contribution in [0, 0.1) is 0 Å². The van der Waals surface area contributed by atoms with E-state index in [9.17, 15) is 8.42 Å². The van der Waals surface area contributed by atoms with Crippen molar-refractivity contribution in [2.75, 3.05) is 25.5 Å². The lowest BCUT2D eigenvalue weighted by molar-refractivity contribution is 0.0904. The molecule has 1 aliphatic heterocycles. The molecular formula is C10H21NO4S. The molecule has 0 spiro atoms. The van der Waals surface area contributed by atoms with Crippen molar-refractivity contribution in [1.29, 1.82) is 0 Å². The number of nitrogens with zero attached hydrogens (tertiary/aromatic N) is 1. The molecule has 0 amide bonds. The van der Waals surface area contributed by atoms with E-state index in [1.165, 1.54) is 4.31 Å². The highest BCUT2D eigenvalue weighted by Crippen LogP contribution is 2.20. The Labute approximate surface area is 97.4 Å². The van der Waals surface area contributed by atoms with Crippen molar-refractivity contribution in [3.05, 3.63) is 0 Å². The molecule has 96 valence electrons. The van der Waals surface area contributed by atoms with Crippen molar-refractivity contribution in [3.63, 3.8) is 0 Å². The molecule has 5 nitrogen and oxygen atoms in total. The number of hydrogen-bond acceptors (Lipinski definition) is 4. The molecule has 1 aliphatic rings. The van der Waals surface area contributed by atoms with Crippen LogP contribution in [0.25, 0.3) is 0 Å². The van der Waals surface area contributed by atoms with Gasteiger partial charge < -0.3 is 9.84 Å². The van der Waals surface area contributed by atoms with Gasteiger partial charge in [0.1, 0.15) is 0 Å². The molecule has 16 heavy (non-hydrogen) atoms. The van der Waals surface area contributed by atoms with E-state index in [1.807, 2.05) is 13.8 Å². The van der Waals surface area contributed by atoms with Gasteiger partial charge in [0.2, 0.25) is 10.0 Å². The van der Waals surface area contributed by atoms with Gasteiger partial charge in [0.25, 0.3) is 0 Å². The molecule has 0 aromatic carbocycles. The molecule has 1 fully saturated rings. The number of sulfonamides is 1. The summed E-state index contributed by atoms with van der Waals surface area (Å²) < 4.78 is 30.5. The second-order valence-electron chi connectivity index (χ2n) is 4.32. The summed E-state index contributed by atoms with van der Waals surface area (Å²) in [4.78, 5) is 0. The third-order valence-electron chi connectivity index (χ3n) is 2.68. The summed E-state index contributed by atoms with van der Waals surface area (Å²) in [5, 5.41) is 9.08. The summed E-state index contributed by atoms with van der Waals surface area (Å²) in [5.41, 5.74) is 0. The molecule has 0 unspecified atom stereocenters. The van der Waals surface area contributed by atoms with E-state index < -0.39 is 10.0 Å². The lowest BCUT2D eigenvalue weighted by atomic mass is 10.2. The zero-order valence-electron chi connectivity index (χ0n) is 9.92. The van der Waals surface area contributed by atoms with E-state index in [0.717, 1.165) is 12.8 Å². The zero-order chi connectivity index (χ0) is 12.2. The first-order valence-electron chi connectivity index (χ1n) is 5.69. The Hall–Kier alpha value is -0.170. The molecule has 0 bridgehead atoms. The van der Waals surface area contributed by atoms with E-state index in [4.69, 9.17) is 9.84 Å². The van der Waals surface area contributed by atoms with E-state index in [-0.39, 0.29) is 31.1 Å². The molecule has 1 saturated heterocycles. The van der Waals surface area contributed by atoms with Crippen molar-refractivity contribution >= 4 is 10.0 Å². The Morgan fingerprint density at radius 1 is 1.50 bits per heavy atom. The van der Waals surface area contributed by atoms with Gasteiger partial charge in [-0.1, -0.05) is 0 Å². The lowest BCUT2D eigenvalue weighted by Crippen LogP contribution is -2.40. The number of aliphatic hydroxyl groups is 1. The Kier molecular flexibility index (Phi) is 5.17. The van der Waals surface area contributed by atoms with Crippen LogP contribution in [0.5, 0.6) is 0 Å². The van der Waals surface area contributed by atoms with Crippen molar-refractivity contribution in [2.45, 2.75) is 38.8 Å². The monoisotopic (exact) mass is 251 g/mol. The fourth-order valence-corrected chi connectivity index (χ4v) is 3.44. The average molecular weight is 251 g/mol. The molecule has 1 rings (SSSR count). The summed E-state index contributed by atoms with van der Waals surface area (Å²) in [6, 6.07) is -0.232. The van der Waals surface area contributed by atoms with Gasteiger partial charge >= 0.3 is 0 Å². The number of rotatable bonds is 6. The predicted molar refractivity (Wildman–Crippen MR) is 61.7 cm³/mol. The van der Waals surface area contributed by atoms with Gasteiger partial charge in [-0.2, -0.15) is 4.31 Å². The third kappa shape index (κ3) is 3.69. The molecule has 1 N–H and O–H groups in total. The van der Waals surface area contributed by atoms with Crippen LogP contribution in [-0.2, 0) is 14.8 Å². The van der Waals surface area contributed by atoms with Crippen LogP contribution in [0.4, 0.5) is 0 Å². The van der Waals surface area contributed by atoms with Crippen molar-refractivity contribution in [1.82, 2.24) is 4.31 Å². The maximum Gasteiger partial charge on any atom is 0.216 e. The van der Waals surface area contributed by atoms with Gasteiger partial charge in [-0.25, -0.2) is 8.42 Å². The molecule has 0 aromatic rings. The number of aliphatic hydroxyl groups excluding tert-OH is 1. The standard InChI is InChI=1S/C10H21NO4S/c1-9(2)15-6-7-16(13,14)11-5-3-4-10(11)8-12/h9-10,12H,3-8H2,1-2H3/t10-/m0/s1. The minimum Gasteiger partial charge on any atom is -0.395 e. The van der Waals surface area contributed by atoms with Crippen LogP contribution >= 0.6 is 0 Å². The first kappa shape index (κ1) is 13.9. The van der Waals surface area contributed by atoms with Gasteiger partial charge in [-0.15, -0.1) is 0 Å². The normalized spacial score (nSPS) is 23.1. The van der Waals surface area contributed by atoms with Crippen LogP contribution in [0.2, 0.25) is 0 Å². The Morgan fingerprint density at radius 2 is 2.19 bits per heavy atom. The van der Waals surface area contributed by atoms with Crippen molar-refractivity contribution < 1.29 is 18.3 Å². The van der Waals surface area contributed by atoms with Gasteiger partial charge in [-0.05, 0) is 26.7 Å². The summed E-state index contributed by atoms with van der Waals surface area (Å²) in [6.45, 7) is 4.39. The summed E-state index contributed by atoms with van der Waals surface area (Å²) in [7, 11) is -3.27. The van der Waals surface area contributed by atoms with Gasteiger partial charge in [0.05, 0.1) is 25.1 Å². The maximum absolute atomic E-state index is 11.9. The van der Waals surface area contributed by atoms with Crippen LogP contribution in [0.3, 0.4) is 0 Å². The molecular weight excluding hydrogens is 230 g/mol. The van der Waals surface area contributed by atoms with E-state index in [2.05, 4.69) is 0 Å². The second kappa shape index (κ2) is 5.95. The highest BCUT2D eigenvalue weighted by Gasteiger charge is 2.33. The molecule has 1 heterocycles. The summed E-state index contributed by atoms with van der Waals surface area (Å²) >= 11 is 0. The minimum atomic E-state index is -3.27. The number of hydrogen-bond donors (Lipinski definition) is 1. The molecule has 0 aliphatic carbocycles. The number of ether oxygens (including phenoxy) is 1. The van der Waals surface area contributed by atoms with Crippen molar-refractivity contribution in [3.8, 4) is 0 Å². The van der Waals surface area contributed by atoms with Crippen LogP contribution in [0.1, 0.15) is 26.7 Å². The predicted octanol–water partition coefficient (Wildman–Crippen LogP) is 0.198. The zero-order valence-corrected chi connectivity index (χ0v) is 10.7. The molecule has 0 saturated carbocycles. The first-order valence-corrected chi connectivity index (χ1v) is 7.30. The largest absolute Gasteiger partial charge is 0.395 e. The summed E-state index contributed by atoms with van der Waals surface area (Å²) in [5.74, 6) is 0.00167. The smallest absolute Gasteiger partial charge is 0.216 e. The average Bonchev–Trinajstić information content (AvgIpc) is 2.64.